The number of fused-ring (bicyclic) bond motifs is 1. The predicted molar refractivity (Wildman–Crippen MR) is 111 cm³/mol. The zero-order chi connectivity index (χ0) is 19.7. The van der Waals surface area contributed by atoms with Crippen molar-refractivity contribution in [3.63, 3.8) is 0 Å². The molecule has 0 saturated heterocycles. The van der Waals surface area contributed by atoms with Gasteiger partial charge in [0.25, 0.3) is 0 Å². The van der Waals surface area contributed by atoms with Gasteiger partial charge in [-0.15, -0.1) is 0 Å². The minimum absolute atomic E-state index is 0.254. The molecule has 2 N–H and O–H groups in total. The molecule has 3 aromatic heterocycles. The highest BCUT2D eigenvalue weighted by molar-refractivity contribution is 5.84. The molecule has 0 aliphatic rings. The van der Waals surface area contributed by atoms with Gasteiger partial charge < -0.3 is 15.0 Å². The van der Waals surface area contributed by atoms with E-state index in [1.807, 2.05) is 0 Å². The Bertz CT molecular complexity index is 959. The summed E-state index contributed by atoms with van der Waals surface area (Å²) in [7, 11) is 1.73. The highest BCUT2D eigenvalue weighted by Gasteiger charge is 2.17. The van der Waals surface area contributed by atoms with Crippen LogP contribution >= 0.6 is 0 Å². The lowest BCUT2D eigenvalue weighted by Gasteiger charge is -2.16. The van der Waals surface area contributed by atoms with Crippen molar-refractivity contribution in [2.24, 2.45) is 5.73 Å². The topological polar surface area (TPSA) is 66.0 Å². The molecule has 3 heterocycles. The fourth-order valence-corrected chi connectivity index (χ4v) is 3.60. The summed E-state index contributed by atoms with van der Waals surface area (Å²) in [5.74, 6) is 0.374. The van der Waals surface area contributed by atoms with Crippen LogP contribution in [0, 0.1) is 13.8 Å². The summed E-state index contributed by atoms with van der Waals surface area (Å²) in [6, 6.07) is 6.67. The van der Waals surface area contributed by atoms with E-state index in [2.05, 4.69) is 63.6 Å². The Labute approximate surface area is 161 Å². The third-order valence-electron chi connectivity index (χ3n) is 5.10. The SMILES string of the molecule is COC[C@@H](C)n1cc(C)c2nc(-c3ccc(C(C)C)nc3CN)c(C)cc21. The van der Waals surface area contributed by atoms with Crippen LogP contribution in [0.3, 0.4) is 0 Å². The molecule has 0 fully saturated rings. The molecule has 3 aromatic rings. The van der Waals surface area contributed by atoms with E-state index in [0.717, 1.165) is 44.8 Å². The first-order valence-electron chi connectivity index (χ1n) is 9.55. The quantitative estimate of drug-likeness (QED) is 0.697. The zero-order valence-corrected chi connectivity index (χ0v) is 17.2. The van der Waals surface area contributed by atoms with Gasteiger partial charge in [0, 0.05) is 31.1 Å². The van der Waals surface area contributed by atoms with Crippen molar-refractivity contribution in [2.45, 2.75) is 53.1 Å². The summed E-state index contributed by atoms with van der Waals surface area (Å²) >= 11 is 0. The second kappa shape index (κ2) is 7.79. The monoisotopic (exact) mass is 366 g/mol. The fraction of sp³-hybridized carbons (Fsp3) is 0.455. The summed E-state index contributed by atoms with van der Waals surface area (Å²) in [4.78, 5) is 9.82. The first-order chi connectivity index (χ1) is 12.9. The Balaban J connectivity index is 2.17. The van der Waals surface area contributed by atoms with Gasteiger partial charge in [-0.25, -0.2) is 4.98 Å². The number of aromatic nitrogens is 3. The highest BCUT2D eigenvalue weighted by Crippen LogP contribution is 2.31. The van der Waals surface area contributed by atoms with E-state index >= 15 is 0 Å². The van der Waals surface area contributed by atoms with E-state index in [-0.39, 0.29) is 6.04 Å². The normalized spacial score (nSPS) is 12.9. The maximum absolute atomic E-state index is 6.02. The van der Waals surface area contributed by atoms with Crippen LogP contribution in [0.15, 0.2) is 24.4 Å². The molecule has 0 radical (unpaired) electrons. The van der Waals surface area contributed by atoms with Gasteiger partial charge in [0.2, 0.25) is 0 Å². The van der Waals surface area contributed by atoms with Crippen molar-refractivity contribution < 1.29 is 4.74 Å². The first-order valence-corrected chi connectivity index (χ1v) is 9.55. The molecular formula is C22H30N4O. The summed E-state index contributed by atoms with van der Waals surface area (Å²) in [5, 5.41) is 0. The Hall–Kier alpha value is -2.24. The number of nitrogens with two attached hydrogens (primary N) is 1. The maximum Gasteiger partial charge on any atom is 0.0917 e. The van der Waals surface area contributed by atoms with Gasteiger partial charge in [-0.3, -0.25) is 4.98 Å². The average molecular weight is 367 g/mol. The van der Waals surface area contributed by atoms with Crippen molar-refractivity contribution in [3.8, 4) is 11.3 Å². The fourth-order valence-electron chi connectivity index (χ4n) is 3.60. The summed E-state index contributed by atoms with van der Waals surface area (Å²) in [6.07, 6.45) is 2.16. The van der Waals surface area contributed by atoms with E-state index in [1.54, 1.807) is 7.11 Å². The molecule has 5 heteroatoms. The number of hydrogen-bond donors (Lipinski definition) is 1. The Kier molecular flexibility index (Phi) is 5.63. The Morgan fingerprint density at radius 1 is 1.11 bits per heavy atom. The van der Waals surface area contributed by atoms with E-state index in [1.165, 1.54) is 0 Å². The van der Waals surface area contributed by atoms with Crippen LogP contribution in [-0.4, -0.2) is 28.3 Å². The molecule has 0 aromatic carbocycles. The zero-order valence-electron chi connectivity index (χ0n) is 17.2. The molecule has 0 bridgehead atoms. The van der Waals surface area contributed by atoms with Crippen LogP contribution in [-0.2, 0) is 11.3 Å². The number of ether oxygens (including phenoxy) is 1. The van der Waals surface area contributed by atoms with Crippen LogP contribution < -0.4 is 5.73 Å². The van der Waals surface area contributed by atoms with Crippen LogP contribution in [0.25, 0.3) is 22.3 Å². The molecule has 3 rings (SSSR count). The number of rotatable bonds is 6. The largest absolute Gasteiger partial charge is 0.383 e. The number of aryl methyl sites for hydroxylation is 2. The molecule has 0 aliphatic heterocycles. The maximum atomic E-state index is 6.02. The Morgan fingerprint density at radius 2 is 1.85 bits per heavy atom. The first kappa shape index (κ1) is 19.5. The second-order valence-corrected chi connectivity index (χ2v) is 7.63. The van der Waals surface area contributed by atoms with E-state index in [9.17, 15) is 0 Å². The molecule has 0 unspecified atom stereocenters. The van der Waals surface area contributed by atoms with Gasteiger partial charge in [0.15, 0.2) is 0 Å². The molecule has 27 heavy (non-hydrogen) atoms. The van der Waals surface area contributed by atoms with Crippen LogP contribution in [0.4, 0.5) is 0 Å². The molecule has 0 spiro atoms. The molecule has 0 amide bonds. The van der Waals surface area contributed by atoms with Crippen molar-refractivity contribution >= 4 is 11.0 Å². The van der Waals surface area contributed by atoms with E-state index in [4.69, 9.17) is 20.4 Å². The lowest BCUT2D eigenvalue weighted by molar-refractivity contribution is 0.164. The second-order valence-electron chi connectivity index (χ2n) is 7.63. The molecule has 144 valence electrons. The van der Waals surface area contributed by atoms with Crippen LogP contribution in [0.2, 0.25) is 0 Å². The molecule has 1 atom stereocenters. The summed E-state index contributed by atoms with van der Waals surface area (Å²) in [5.41, 5.74) is 14.4. The summed E-state index contributed by atoms with van der Waals surface area (Å²) in [6.45, 7) is 11.7. The highest BCUT2D eigenvalue weighted by atomic mass is 16.5. The van der Waals surface area contributed by atoms with Gasteiger partial charge in [-0.2, -0.15) is 0 Å². The van der Waals surface area contributed by atoms with Gasteiger partial charge >= 0.3 is 0 Å². The van der Waals surface area contributed by atoms with Crippen molar-refractivity contribution in [3.05, 3.63) is 46.9 Å². The van der Waals surface area contributed by atoms with Gasteiger partial charge in [0.1, 0.15) is 0 Å². The van der Waals surface area contributed by atoms with Crippen molar-refractivity contribution in [1.29, 1.82) is 0 Å². The third kappa shape index (κ3) is 3.62. The van der Waals surface area contributed by atoms with Gasteiger partial charge in [-0.05, 0) is 56.0 Å². The van der Waals surface area contributed by atoms with Gasteiger partial charge in [-0.1, -0.05) is 13.8 Å². The molecule has 0 saturated carbocycles. The number of hydrogen-bond acceptors (Lipinski definition) is 4. The average Bonchev–Trinajstić information content (AvgIpc) is 2.96. The third-order valence-corrected chi connectivity index (χ3v) is 5.10. The lowest BCUT2D eigenvalue weighted by Crippen LogP contribution is -2.10. The molecule has 0 aliphatic carbocycles. The van der Waals surface area contributed by atoms with Crippen molar-refractivity contribution in [2.75, 3.05) is 13.7 Å². The van der Waals surface area contributed by atoms with E-state index < -0.39 is 0 Å². The number of pyridine rings is 2. The smallest absolute Gasteiger partial charge is 0.0917 e. The Morgan fingerprint density at radius 3 is 2.48 bits per heavy atom. The minimum Gasteiger partial charge on any atom is -0.383 e. The molecule has 5 nitrogen and oxygen atoms in total. The number of nitrogens with zero attached hydrogens (tertiary/aromatic N) is 3. The lowest BCUT2D eigenvalue weighted by atomic mass is 10.0. The minimum atomic E-state index is 0.254. The summed E-state index contributed by atoms with van der Waals surface area (Å²) < 4.78 is 7.59. The predicted octanol–water partition coefficient (Wildman–Crippen LogP) is 4.50. The number of methoxy groups -OCH3 is 1. The standard InChI is InChI=1S/C22H30N4O/c1-13(2)18-8-7-17(19(10-23)24-18)21-14(3)9-20-22(25-21)15(4)11-26(20)16(5)12-27-6/h7-9,11,13,16H,10,12,23H2,1-6H3/t16-/m1/s1. The van der Waals surface area contributed by atoms with Crippen molar-refractivity contribution in [1.82, 2.24) is 14.5 Å². The molecular weight excluding hydrogens is 336 g/mol. The van der Waals surface area contributed by atoms with Gasteiger partial charge in [0.05, 0.1) is 35.1 Å². The van der Waals surface area contributed by atoms with Crippen LogP contribution in [0.5, 0.6) is 0 Å². The van der Waals surface area contributed by atoms with E-state index in [0.29, 0.717) is 19.1 Å². The van der Waals surface area contributed by atoms with Crippen LogP contribution in [0.1, 0.15) is 55.2 Å².